The quantitative estimate of drug-likeness (QED) is 0.136. The fraction of sp³-hybridized carbons (Fsp3) is 0.324. The number of amides is 2. The Morgan fingerprint density at radius 2 is 1.82 bits per heavy atom. The first kappa shape index (κ1) is 31.3. The lowest BCUT2D eigenvalue weighted by Gasteiger charge is -2.38. The second kappa shape index (κ2) is 13.3. The molecule has 1 aliphatic carbocycles. The number of aliphatic hydroxyl groups is 2. The number of imide groups is 1. The summed E-state index contributed by atoms with van der Waals surface area (Å²) in [4.78, 5) is 33.1. The second-order valence-corrected chi connectivity index (χ2v) is 11.8. The largest absolute Gasteiger partial charge is 0.508 e. The van der Waals surface area contributed by atoms with Crippen LogP contribution in [0.1, 0.15) is 44.4 Å². The third-order valence-corrected chi connectivity index (χ3v) is 8.69. The van der Waals surface area contributed by atoms with E-state index in [2.05, 4.69) is 4.98 Å². The Bertz CT molecular complexity index is 1590. The molecule has 0 radical (unpaired) electrons. The van der Waals surface area contributed by atoms with Crippen molar-refractivity contribution >= 4 is 41.7 Å². The minimum atomic E-state index is -1.76. The number of carbonyl (C=O) groups is 2. The van der Waals surface area contributed by atoms with E-state index in [0.29, 0.717) is 12.0 Å². The molecule has 4 atom stereocenters. The number of benzene rings is 2. The van der Waals surface area contributed by atoms with Crippen LogP contribution in [0, 0.1) is 23.7 Å². The van der Waals surface area contributed by atoms with E-state index in [1.165, 1.54) is 12.1 Å². The summed E-state index contributed by atoms with van der Waals surface area (Å²) >= 11 is 0. The third-order valence-electron chi connectivity index (χ3n) is 8.69. The Morgan fingerprint density at radius 3 is 2.48 bits per heavy atom. The minimum Gasteiger partial charge on any atom is -0.508 e. The second-order valence-electron chi connectivity index (χ2n) is 11.8. The molecule has 9 nitrogen and oxygen atoms in total. The van der Waals surface area contributed by atoms with Gasteiger partial charge in [-0.05, 0) is 89.8 Å². The highest BCUT2D eigenvalue weighted by molar-refractivity contribution is 6.58. The normalized spacial score (nSPS) is 21.2. The first-order valence-corrected chi connectivity index (χ1v) is 14.9. The molecular weight excluding hydrogens is 559 g/mol. The van der Waals surface area contributed by atoms with Crippen molar-refractivity contribution in [1.29, 1.82) is 0 Å². The molecule has 1 aromatic heterocycles. The molecule has 1 saturated heterocycles. The van der Waals surface area contributed by atoms with Gasteiger partial charge >= 0.3 is 7.12 Å². The van der Waals surface area contributed by atoms with Gasteiger partial charge in [-0.1, -0.05) is 49.8 Å². The summed E-state index contributed by atoms with van der Waals surface area (Å²) in [7, 11) is -1.76. The fourth-order valence-electron chi connectivity index (χ4n) is 6.61. The Labute approximate surface area is 257 Å². The van der Waals surface area contributed by atoms with Crippen molar-refractivity contribution in [2.75, 3.05) is 11.5 Å². The molecule has 0 saturated carbocycles. The first-order valence-electron chi connectivity index (χ1n) is 14.9. The van der Waals surface area contributed by atoms with Gasteiger partial charge in [0.05, 0.1) is 35.9 Å². The minimum absolute atomic E-state index is 0.0439. The van der Waals surface area contributed by atoms with Gasteiger partial charge in [-0.15, -0.1) is 0 Å². The smallest absolute Gasteiger partial charge is 0.488 e. The molecule has 2 heterocycles. The SMILES string of the molecule is CC(C)C1=C([C@H](O)CC/C(=C/c2cccc(O)c2)c2ccccn2)[C@H](CO)[C@@H]2C(=O)N(c3cccc(B(O)O)c3)C(=O)[C@@H]2C1. The van der Waals surface area contributed by atoms with E-state index >= 15 is 0 Å². The number of allylic oxidation sites excluding steroid dienone is 2. The van der Waals surface area contributed by atoms with Crippen LogP contribution in [0.4, 0.5) is 5.69 Å². The monoisotopic (exact) mass is 596 g/mol. The summed E-state index contributed by atoms with van der Waals surface area (Å²) in [5.41, 5.74) is 4.20. The van der Waals surface area contributed by atoms with Crippen LogP contribution in [-0.2, 0) is 9.59 Å². The number of rotatable bonds is 10. The molecule has 1 fully saturated rings. The molecule has 1 aliphatic heterocycles. The third kappa shape index (κ3) is 6.25. The lowest BCUT2D eigenvalue weighted by molar-refractivity contribution is -0.123. The van der Waals surface area contributed by atoms with E-state index in [1.54, 1.807) is 36.5 Å². The average Bonchev–Trinajstić information content (AvgIpc) is 3.27. The predicted molar refractivity (Wildman–Crippen MR) is 168 cm³/mol. The summed E-state index contributed by atoms with van der Waals surface area (Å²) in [6, 6.07) is 18.4. The summed E-state index contributed by atoms with van der Waals surface area (Å²) in [5.74, 6) is -3.11. The number of hydrogen-bond acceptors (Lipinski definition) is 8. The van der Waals surface area contributed by atoms with Crippen molar-refractivity contribution in [2.45, 2.75) is 39.2 Å². The van der Waals surface area contributed by atoms with Crippen molar-refractivity contribution in [2.24, 2.45) is 23.7 Å². The molecule has 0 bridgehead atoms. The van der Waals surface area contributed by atoms with Crippen molar-refractivity contribution in [3.05, 3.63) is 95.3 Å². The average molecular weight is 596 g/mol. The zero-order valence-electron chi connectivity index (χ0n) is 24.7. The number of carbonyl (C=O) groups excluding carboxylic acids is 2. The van der Waals surface area contributed by atoms with Gasteiger partial charge in [0.1, 0.15) is 5.75 Å². The maximum atomic E-state index is 13.9. The number of anilines is 1. The Balaban J connectivity index is 1.46. The summed E-state index contributed by atoms with van der Waals surface area (Å²) in [5, 5.41) is 51.7. The van der Waals surface area contributed by atoms with Gasteiger partial charge in [0, 0.05) is 12.1 Å². The van der Waals surface area contributed by atoms with Crippen LogP contribution in [0.3, 0.4) is 0 Å². The van der Waals surface area contributed by atoms with E-state index in [0.717, 1.165) is 27.3 Å². The number of aliphatic hydroxyl groups excluding tert-OH is 2. The van der Waals surface area contributed by atoms with Crippen molar-refractivity contribution in [3.63, 3.8) is 0 Å². The summed E-state index contributed by atoms with van der Waals surface area (Å²) in [6.45, 7) is 3.53. The highest BCUT2D eigenvalue weighted by Gasteiger charge is 2.55. The number of nitrogens with zero attached hydrogens (tertiary/aromatic N) is 2. The van der Waals surface area contributed by atoms with E-state index in [1.807, 2.05) is 44.2 Å². The molecule has 5 rings (SSSR count). The van der Waals surface area contributed by atoms with Gasteiger partial charge < -0.3 is 25.4 Å². The highest BCUT2D eigenvalue weighted by Crippen LogP contribution is 2.48. The molecule has 2 aliphatic rings. The molecule has 5 N–H and O–H groups in total. The maximum absolute atomic E-state index is 13.9. The lowest BCUT2D eigenvalue weighted by Crippen LogP contribution is -2.40. The lowest BCUT2D eigenvalue weighted by atomic mass is 9.66. The number of phenols is 1. The first-order chi connectivity index (χ1) is 21.1. The van der Waals surface area contributed by atoms with Crippen LogP contribution in [0.5, 0.6) is 5.75 Å². The molecule has 10 heteroatoms. The number of aromatic nitrogens is 1. The summed E-state index contributed by atoms with van der Waals surface area (Å²) in [6.07, 6.45) is 3.59. The fourth-order valence-corrected chi connectivity index (χ4v) is 6.61. The van der Waals surface area contributed by atoms with Crippen molar-refractivity contribution in [1.82, 2.24) is 4.98 Å². The van der Waals surface area contributed by atoms with Gasteiger partial charge in [-0.2, -0.15) is 0 Å². The highest BCUT2D eigenvalue weighted by atomic mass is 16.4. The van der Waals surface area contributed by atoms with Gasteiger partial charge in [-0.3, -0.25) is 19.5 Å². The zero-order valence-corrected chi connectivity index (χ0v) is 24.7. The molecule has 2 amide bonds. The molecule has 3 aromatic rings. The number of pyridine rings is 1. The molecule has 44 heavy (non-hydrogen) atoms. The molecule has 0 spiro atoms. The number of fused-ring (bicyclic) bond motifs is 1. The van der Waals surface area contributed by atoms with Gasteiger partial charge in [-0.25, -0.2) is 0 Å². The Hall–Kier alpha value is -4.09. The standard InChI is InChI=1S/C34H37BN2O7/c1-20(2)26-18-27-32(34(42)37(33(27)41)24-9-6-8-23(17-24)35(43)44)28(19-38)31(26)30(40)13-12-22(29-11-3-4-14-36-29)15-21-7-5-10-25(39)16-21/h3-11,14-17,20,27-28,30,32,38-40,43-44H,12-13,18-19H2,1-2H3/b22-15-/t27-,28+,30-,32-/m1/s1. The van der Waals surface area contributed by atoms with Crippen LogP contribution >= 0.6 is 0 Å². The van der Waals surface area contributed by atoms with Crippen LogP contribution < -0.4 is 10.4 Å². The molecule has 2 aromatic carbocycles. The molecule has 0 unspecified atom stereocenters. The Kier molecular flexibility index (Phi) is 9.46. The van der Waals surface area contributed by atoms with Crippen LogP contribution in [0.15, 0.2) is 84.1 Å². The molecule has 228 valence electrons. The zero-order chi connectivity index (χ0) is 31.5. The van der Waals surface area contributed by atoms with E-state index in [9.17, 15) is 35.0 Å². The van der Waals surface area contributed by atoms with Gasteiger partial charge in [0.25, 0.3) is 0 Å². The van der Waals surface area contributed by atoms with Crippen LogP contribution in [0.25, 0.3) is 11.6 Å². The van der Waals surface area contributed by atoms with Crippen LogP contribution in [0.2, 0.25) is 0 Å². The van der Waals surface area contributed by atoms with Crippen molar-refractivity contribution in [3.8, 4) is 5.75 Å². The number of hydrogen-bond donors (Lipinski definition) is 5. The van der Waals surface area contributed by atoms with Gasteiger partial charge in [0.15, 0.2) is 0 Å². The van der Waals surface area contributed by atoms with Crippen LogP contribution in [-0.4, -0.2) is 62.0 Å². The topological polar surface area (TPSA) is 151 Å². The molecular formula is C34H37BN2O7. The maximum Gasteiger partial charge on any atom is 0.488 e. The van der Waals surface area contributed by atoms with E-state index in [4.69, 9.17) is 0 Å². The van der Waals surface area contributed by atoms with E-state index in [-0.39, 0.29) is 35.7 Å². The Morgan fingerprint density at radius 1 is 1.05 bits per heavy atom. The predicted octanol–water partition coefficient (Wildman–Crippen LogP) is 2.92. The van der Waals surface area contributed by atoms with Gasteiger partial charge in [0.2, 0.25) is 11.8 Å². The van der Waals surface area contributed by atoms with E-state index < -0.39 is 49.4 Å². The van der Waals surface area contributed by atoms with Crippen molar-refractivity contribution < 1.29 is 35.0 Å². The summed E-state index contributed by atoms with van der Waals surface area (Å²) < 4.78 is 0. The number of phenolic OH excluding ortho intramolecular Hbond substituents is 1. The number of aromatic hydroxyl groups is 1.